The quantitative estimate of drug-likeness (QED) is 0.338. The molecule has 0 atom stereocenters. The lowest BCUT2D eigenvalue weighted by molar-refractivity contribution is 0.475. The fraction of sp³-hybridized carbons (Fsp3) is 0.0526. The zero-order valence-electron chi connectivity index (χ0n) is 14.0. The summed E-state index contributed by atoms with van der Waals surface area (Å²) in [5.74, 6) is 6.36. The van der Waals surface area contributed by atoms with E-state index in [1.165, 1.54) is 6.33 Å². The Labute approximate surface area is 149 Å². The summed E-state index contributed by atoms with van der Waals surface area (Å²) in [7, 11) is 0. The van der Waals surface area contributed by atoms with Gasteiger partial charge in [-0.3, -0.25) is 0 Å². The van der Waals surface area contributed by atoms with Crippen LogP contribution in [0, 0.1) is 6.92 Å². The molecule has 0 saturated heterocycles. The van der Waals surface area contributed by atoms with Crippen molar-refractivity contribution in [3.8, 4) is 11.6 Å². The molecule has 0 bridgehead atoms. The number of benzene rings is 2. The molecule has 2 aromatic heterocycles. The summed E-state index contributed by atoms with van der Waals surface area (Å²) < 4.78 is 1.65. The predicted molar refractivity (Wildman–Crippen MR) is 99.3 cm³/mol. The zero-order valence-corrected chi connectivity index (χ0v) is 14.0. The number of hydrogen-bond acceptors (Lipinski definition) is 6. The minimum absolute atomic E-state index is 0.0861. The lowest BCUT2D eigenvalue weighted by atomic mass is 9.98. The standard InChI is InChI=1S/C19H16N6O/c1-12-9-23-25(10-12)17-8-15(21-11-22-17)19(24-20)18-14-5-3-2-4-13(14)6-7-16(18)26/h2-11,26H,20H2,1H3/b24-19-. The smallest absolute Gasteiger partial charge is 0.157 e. The third kappa shape index (κ3) is 2.65. The number of fused-ring (bicyclic) bond motifs is 1. The third-order valence-corrected chi connectivity index (χ3v) is 4.11. The van der Waals surface area contributed by atoms with Crippen LogP contribution in [0.3, 0.4) is 0 Å². The van der Waals surface area contributed by atoms with Crippen molar-refractivity contribution in [2.75, 3.05) is 0 Å². The van der Waals surface area contributed by atoms with Crippen LogP contribution in [0.2, 0.25) is 0 Å². The van der Waals surface area contributed by atoms with Crippen LogP contribution in [0.5, 0.6) is 5.75 Å². The molecule has 0 unspecified atom stereocenters. The maximum atomic E-state index is 10.5. The lowest BCUT2D eigenvalue weighted by Gasteiger charge is -2.11. The number of hydrogen-bond donors (Lipinski definition) is 2. The summed E-state index contributed by atoms with van der Waals surface area (Å²) >= 11 is 0. The molecule has 4 aromatic rings. The number of nitrogens with zero attached hydrogens (tertiary/aromatic N) is 5. The van der Waals surface area contributed by atoms with Crippen molar-refractivity contribution in [3.05, 3.63) is 78.0 Å². The summed E-state index contributed by atoms with van der Waals surface area (Å²) in [5.41, 5.74) is 2.43. The van der Waals surface area contributed by atoms with Crippen molar-refractivity contribution in [3.63, 3.8) is 0 Å². The first-order valence-electron chi connectivity index (χ1n) is 8.00. The van der Waals surface area contributed by atoms with Gasteiger partial charge in [-0.05, 0) is 29.3 Å². The van der Waals surface area contributed by atoms with Gasteiger partial charge in [0.2, 0.25) is 0 Å². The Morgan fingerprint density at radius 1 is 1.15 bits per heavy atom. The number of phenols is 1. The van der Waals surface area contributed by atoms with E-state index in [9.17, 15) is 5.11 Å². The van der Waals surface area contributed by atoms with Gasteiger partial charge in [-0.25, -0.2) is 14.6 Å². The molecule has 0 fully saturated rings. The summed E-state index contributed by atoms with van der Waals surface area (Å²) in [6.45, 7) is 1.95. The Bertz CT molecular complexity index is 1130. The Morgan fingerprint density at radius 2 is 2.00 bits per heavy atom. The molecule has 0 spiro atoms. The number of hydrazone groups is 1. The summed E-state index contributed by atoms with van der Waals surface area (Å²) in [6, 6.07) is 12.9. The van der Waals surface area contributed by atoms with Gasteiger partial charge in [0, 0.05) is 12.3 Å². The van der Waals surface area contributed by atoms with Crippen LogP contribution in [0.15, 0.2) is 66.3 Å². The van der Waals surface area contributed by atoms with Crippen molar-refractivity contribution in [1.82, 2.24) is 19.7 Å². The highest BCUT2D eigenvalue weighted by Crippen LogP contribution is 2.29. The average Bonchev–Trinajstić information content (AvgIpc) is 3.11. The molecule has 0 saturated carbocycles. The largest absolute Gasteiger partial charge is 0.507 e. The molecule has 0 radical (unpaired) electrons. The van der Waals surface area contributed by atoms with Crippen LogP contribution in [0.1, 0.15) is 16.8 Å². The Morgan fingerprint density at radius 3 is 2.77 bits per heavy atom. The first-order chi connectivity index (χ1) is 12.7. The molecular weight excluding hydrogens is 328 g/mol. The maximum absolute atomic E-state index is 10.5. The van der Waals surface area contributed by atoms with Crippen molar-refractivity contribution < 1.29 is 5.11 Å². The zero-order chi connectivity index (χ0) is 18.1. The first kappa shape index (κ1) is 15.8. The third-order valence-electron chi connectivity index (χ3n) is 4.11. The molecule has 4 rings (SSSR count). The van der Waals surface area contributed by atoms with Crippen molar-refractivity contribution >= 4 is 16.5 Å². The van der Waals surface area contributed by atoms with Crippen LogP contribution < -0.4 is 5.84 Å². The van der Waals surface area contributed by atoms with E-state index in [0.717, 1.165) is 16.3 Å². The highest BCUT2D eigenvalue weighted by molar-refractivity contribution is 6.20. The molecule has 0 aliphatic rings. The second-order valence-electron chi connectivity index (χ2n) is 5.88. The van der Waals surface area contributed by atoms with Crippen molar-refractivity contribution in [2.45, 2.75) is 6.92 Å². The van der Waals surface area contributed by atoms with Crippen LogP contribution in [0.4, 0.5) is 0 Å². The van der Waals surface area contributed by atoms with E-state index in [1.807, 2.05) is 43.5 Å². The highest BCUT2D eigenvalue weighted by Gasteiger charge is 2.17. The SMILES string of the molecule is Cc1cnn(-c2cc(/C(=N/N)c3c(O)ccc4ccccc34)ncn2)c1. The Balaban J connectivity index is 1.89. The van der Waals surface area contributed by atoms with Gasteiger partial charge in [0.15, 0.2) is 5.82 Å². The van der Waals surface area contributed by atoms with E-state index in [2.05, 4.69) is 20.2 Å². The number of aryl methyl sites for hydroxylation is 1. The first-order valence-corrected chi connectivity index (χ1v) is 8.00. The summed E-state index contributed by atoms with van der Waals surface area (Å²) in [4.78, 5) is 8.54. The molecule has 0 aliphatic heterocycles. The summed E-state index contributed by atoms with van der Waals surface area (Å²) in [5, 5.41) is 20.4. The maximum Gasteiger partial charge on any atom is 0.157 e. The molecule has 3 N–H and O–H groups in total. The van der Waals surface area contributed by atoms with E-state index < -0.39 is 0 Å². The van der Waals surface area contributed by atoms with Gasteiger partial charge in [-0.15, -0.1) is 0 Å². The molecule has 2 heterocycles. The van der Waals surface area contributed by atoms with Gasteiger partial charge in [-0.2, -0.15) is 10.2 Å². The molecular formula is C19H16N6O. The van der Waals surface area contributed by atoms with Crippen molar-refractivity contribution in [1.29, 1.82) is 0 Å². The molecule has 0 aliphatic carbocycles. The van der Waals surface area contributed by atoms with Crippen LogP contribution >= 0.6 is 0 Å². The molecule has 0 amide bonds. The van der Waals surface area contributed by atoms with Crippen LogP contribution in [0.25, 0.3) is 16.6 Å². The molecule has 128 valence electrons. The van der Waals surface area contributed by atoms with Gasteiger partial charge in [-0.1, -0.05) is 30.3 Å². The number of nitrogens with two attached hydrogens (primary N) is 1. The molecule has 2 aromatic carbocycles. The summed E-state index contributed by atoms with van der Waals surface area (Å²) in [6.07, 6.45) is 5.03. The van der Waals surface area contributed by atoms with E-state index in [0.29, 0.717) is 22.8 Å². The fourth-order valence-corrected chi connectivity index (χ4v) is 2.91. The predicted octanol–water partition coefficient (Wildman–Crippen LogP) is 2.54. The second kappa shape index (κ2) is 6.29. The van der Waals surface area contributed by atoms with Gasteiger partial charge in [0.25, 0.3) is 0 Å². The van der Waals surface area contributed by atoms with Gasteiger partial charge < -0.3 is 10.9 Å². The average molecular weight is 344 g/mol. The number of aromatic hydroxyl groups is 1. The highest BCUT2D eigenvalue weighted by atomic mass is 16.3. The van der Waals surface area contributed by atoms with E-state index in [-0.39, 0.29) is 5.75 Å². The minimum atomic E-state index is 0.0861. The normalized spacial score (nSPS) is 11.8. The number of phenolic OH excluding ortho intramolecular Hbond substituents is 1. The van der Waals surface area contributed by atoms with Crippen LogP contribution in [-0.4, -0.2) is 30.6 Å². The topological polar surface area (TPSA) is 102 Å². The van der Waals surface area contributed by atoms with Gasteiger partial charge in [0.05, 0.1) is 17.5 Å². The van der Waals surface area contributed by atoms with E-state index >= 15 is 0 Å². The fourth-order valence-electron chi connectivity index (χ4n) is 2.91. The van der Waals surface area contributed by atoms with Gasteiger partial charge >= 0.3 is 0 Å². The molecule has 7 nitrogen and oxygen atoms in total. The minimum Gasteiger partial charge on any atom is -0.507 e. The van der Waals surface area contributed by atoms with E-state index in [1.54, 1.807) is 23.0 Å². The number of aromatic nitrogens is 4. The second-order valence-corrected chi connectivity index (χ2v) is 5.88. The van der Waals surface area contributed by atoms with E-state index in [4.69, 9.17) is 5.84 Å². The number of rotatable bonds is 3. The molecule has 7 heteroatoms. The van der Waals surface area contributed by atoms with Crippen LogP contribution in [-0.2, 0) is 0 Å². The Hall–Kier alpha value is -3.74. The Kier molecular flexibility index (Phi) is 3.81. The molecule has 26 heavy (non-hydrogen) atoms. The van der Waals surface area contributed by atoms with Gasteiger partial charge in [0.1, 0.15) is 17.8 Å². The monoisotopic (exact) mass is 344 g/mol. The lowest BCUT2D eigenvalue weighted by Crippen LogP contribution is -2.11. The van der Waals surface area contributed by atoms with Crippen molar-refractivity contribution in [2.24, 2.45) is 10.9 Å².